The predicted molar refractivity (Wildman–Crippen MR) is 171 cm³/mol. The highest BCUT2D eigenvalue weighted by Crippen LogP contribution is 2.45. The topological polar surface area (TPSA) is 29.5 Å². The summed E-state index contributed by atoms with van der Waals surface area (Å²) in [6.07, 6.45) is 10.3. The number of aliphatic hydroxyl groups excluding tert-OH is 1. The predicted octanol–water partition coefficient (Wildman–Crippen LogP) is 8.08. The molecule has 1 N–H and O–H groups in total. The van der Waals surface area contributed by atoms with Crippen molar-refractivity contribution >= 4 is 18.7 Å². The molecule has 0 amide bonds. The molecule has 1 aliphatic rings. The summed E-state index contributed by atoms with van der Waals surface area (Å²) in [5, 5.41) is 13.4. The summed E-state index contributed by atoms with van der Waals surface area (Å²) in [5.41, 5.74) is 1.45. The van der Waals surface area contributed by atoms with Crippen LogP contribution in [0.2, 0.25) is 5.04 Å². The zero-order valence-electron chi connectivity index (χ0n) is 25.3. The molecule has 0 aliphatic heterocycles. The number of rotatable bonds is 13. The molecule has 0 unspecified atom stereocenters. The molecule has 0 heterocycles. The minimum absolute atomic E-state index is 0.0344. The molecule has 0 saturated heterocycles. The Labute approximate surface area is 240 Å². The fourth-order valence-electron chi connectivity index (χ4n) is 6.96. The Kier molecular flexibility index (Phi) is 11.2. The second-order valence-electron chi connectivity index (χ2n) is 12.9. The summed E-state index contributed by atoms with van der Waals surface area (Å²) in [6.45, 7) is 22.0. The SMILES string of the molecule is C=CC[C@@H](O)C[C@@H]1[C@@H](C(C)C)CC=C(C)[C@@H]1C[C@@H](CC=C)O[Si](c1ccccc1)(c1ccccc1)C(C)(C)C. The summed E-state index contributed by atoms with van der Waals surface area (Å²) in [5.74, 6) is 1.90. The van der Waals surface area contributed by atoms with Crippen molar-refractivity contribution in [1.82, 2.24) is 0 Å². The van der Waals surface area contributed by atoms with Gasteiger partial charge < -0.3 is 9.53 Å². The molecule has 2 aromatic carbocycles. The summed E-state index contributed by atoms with van der Waals surface area (Å²) in [4.78, 5) is 0. The van der Waals surface area contributed by atoms with Crippen LogP contribution in [-0.4, -0.2) is 25.6 Å². The van der Waals surface area contributed by atoms with E-state index in [1.54, 1.807) is 0 Å². The third-order valence-electron chi connectivity index (χ3n) is 8.91. The molecule has 0 bridgehead atoms. The molecular formula is C36H52O2Si. The molecule has 0 radical (unpaired) electrons. The lowest BCUT2D eigenvalue weighted by atomic mass is 9.64. The standard InChI is InChI=1S/C36H52O2Si/c1-9-17-29(37)25-35-33(27(3)4)24-23-28(5)34(35)26-30(18-10-2)38-39(36(6,7)8,31-19-13-11-14-20-31)32-21-15-12-16-22-32/h9-16,19-23,27,29-30,33-35,37H,1-2,17-18,24-26H2,3-8H3/t29-,30-,33-,34+,35-/m1/s1. The molecule has 2 aromatic rings. The summed E-state index contributed by atoms with van der Waals surface area (Å²) < 4.78 is 7.62. The van der Waals surface area contributed by atoms with E-state index in [1.807, 2.05) is 12.2 Å². The van der Waals surface area contributed by atoms with Crippen LogP contribution in [0, 0.1) is 23.7 Å². The first-order valence-corrected chi connectivity index (χ1v) is 16.8. The van der Waals surface area contributed by atoms with Gasteiger partial charge >= 0.3 is 0 Å². The van der Waals surface area contributed by atoms with Gasteiger partial charge in [0.2, 0.25) is 0 Å². The first-order chi connectivity index (χ1) is 18.5. The van der Waals surface area contributed by atoms with E-state index in [0.29, 0.717) is 30.1 Å². The van der Waals surface area contributed by atoms with Gasteiger partial charge in [0.15, 0.2) is 0 Å². The number of allylic oxidation sites excluding steroid dienone is 2. The fourth-order valence-corrected chi connectivity index (χ4v) is 11.7. The van der Waals surface area contributed by atoms with Gasteiger partial charge in [-0.2, -0.15) is 0 Å². The minimum atomic E-state index is -2.69. The Balaban J connectivity index is 2.08. The maximum atomic E-state index is 10.9. The fraction of sp³-hybridized carbons (Fsp3) is 0.500. The van der Waals surface area contributed by atoms with Gasteiger partial charge in [0.25, 0.3) is 8.32 Å². The average Bonchev–Trinajstić information content (AvgIpc) is 2.89. The molecule has 0 saturated carbocycles. The van der Waals surface area contributed by atoms with Crippen molar-refractivity contribution in [3.63, 3.8) is 0 Å². The van der Waals surface area contributed by atoms with Crippen molar-refractivity contribution in [2.24, 2.45) is 23.7 Å². The first kappa shape index (κ1) is 31.3. The molecule has 3 rings (SSSR count). The van der Waals surface area contributed by atoms with Gasteiger partial charge in [-0.3, -0.25) is 0 Å². The van der Waals surface area contributed by atoms with Gasteiger partial charge in [-0.05, 0) is 78.1 Å². The monoisotopic (exact) mass is 544 g/mol. The van der Waals surface area contributed by atoms with Crippen molar-refractivity contribution in [2.45, 2.75) is 90.9 Å². The van der Waals surface area contributed by atoms with E-state index in [4.69, 9.17) is 4.43 Å². The lowest BCUT2D eigenvalue weighted by molar-refractivity contribution is 0.0640. The van der Waals surface area contributed by atoms with Crippen LogP contribution in [0.4, 0.5) is 0 Å². The summed E-state index contributed by atoms with van der Waals surface area (Å²) in [7, 11) is -2.69. The van der Waals surface area contributed by atoms with E-state index in [9.17, 15) is 5.11 Å². The second-order valence-corrected chi connectivity index (χ2v) is 17.2. The van der Waals surface area contributed by atoms with Crippen LogP contribution in [-0.2, 0) is 4.43 Å². The van der Waals surface area contributed by atoms with Gasteiger partial charge in [0, 0.05) is 6.10 Å². The van der Waals surface area contributed by atoms with Crippen LogP contribution >= 0.6 is 0 Å². The van der Waals surface area contributed by atoms with Crippen LogP contribution in [0.25, 0.3) is 0 Å². The minimum Gasteiger partial charge on any atom is -0.404 e. The van der Waals surface area contributed by atoms with Crippen molar-refractivity contribution in [3.05, 3.63) is 97.6 Å². The lowest BCUT2D eigenvalue weighted by Crippen LogP contribution is -2.67. The zero-order chi connectivity index (χ0) is 28.6. The molecule has 0 aromatic heterocycles. The Morgan fingerprint density at radius 3 is 1.92 bits per heavy atom. The van der Waals surface area contributed by atoms with Crippen LogP contribution in [0.1, 0.15) is 73.6 Å². The Bertz CT molecular complexity index is 1030. The third kappa shape index (κ3) is 7.31. The molecule has 5 atom stereocenters. The van der Waals surface area contributed by atoms with Crippen molar-refractivity contribution < 1.29 is 9.53 Å². The molecule has 0 spiro atoms. The average molecular weight is 545 g/mol. The van der Waals surface area contributed by atoms with Crippen LogP contribution in [0.3, 0.4) is 0 Å². The quantitative estimate of drug-likeness (QED) is 0.204. The van der Waals surface area contributed by atoms with Gasteiger partial charge in [0.1, 0.15) is 0 Å². The van der Waals surface area contributed by atoms with Crippen LogP contribution in [0.5, 0.6) is 0 Å². The maximum absolute atomic E-state index is 10.9. The van der Waals surface area contributed by atoms with Crippen LogP contribution < -0.4 is 10.4 Å². The number of hydrogen-bond acceptors (Lipinski definition) is 2. The number of aliphatic hydroxyl groups is 1. The van der Waals surface area contributed by atoms with E-state index < -0.39 is 8.32 Å². The maximum Gasteiger partial charge on any atom is 0.261 e. The smallest absolute Gasteiger partial charge is 0.261 e. The zero-order valence-corrected chi connectivity index (χ0v) is 26.3. The van der Waals surface area contributed by atoms with E-state index >= 15 is 0 Å². The van der Waals surface area contributed by atoms with E-state index in [0.717, 1.165) is 25.7 Å². The highest BCUT2D eigenvalue weighted by Gasteiger charge is 2.51. The number of hydrogen-bond donors (Lipinski definition) is 1. The number of benzene rings is 2. The Morgan fingerprint density at radius 1 is 0.923 bits per heavy atom. The highest BCUT2D eigenvalue weighted by atomic mass is 28.4. The summed E-state index contributed by atoms with van der Waals surface area (Å²) >= 11 is 0. The summed E-state index contributed by atoms with van der Waals surface area (Å²) in [6, 6.07) is 21.9. The lowest BCUT2D eigenvalue weighted by Gasteiger charge is -2.47. The van der Waals surface area contributed by atoms with Gasteiger partial charge in [0.05, 0.1) is 6.10 Å². The molecule has 39 heavy (non-hydrogen) atoms. The Hall–Kier alpha value is -2.20. The highest BCUT2D eigenvalue weighted by molar-refractivity contribution is 6.99. The van der Waals surface area contributed by atoms with Crippen LogP contribution in [0.15, 0.2) is 97.6 Å². The normalized spacial score (nSPS) is 21.7. The second kappa shape index (κ2) is 13.9. The van der Waals surface area contributed by atoms with Crippen molar-refractivity contribution in [3.8, 4) is 0 Å². The molecule has 1 aliphatic carbocycles. The van der Waals surface area contributed by atoms with E-state index in [2.05, 4.69) is 121 Å². The third-order valence-corrected chi connectivity index (χ3v) is 14.0. The van der Waals surface area contributed by atoms with Crippen molar-refractivity contribution in [2.75, 3.05) is 0 Å². The molecule has 3 heteroatoms. The van der Waals surface area contributed by atoms with E-state index in [1.165, 1.54) is 15.9 Å². The largest absolute Gasteiger partial charge is 0.404 e. The Morgan fingerprint density at radius 2 is 1.46 bits per heavy atom. The molecule has 212 valence electrons. The van der Waals surface area contributed by atoms with Gasteiger partial charge in [-0.1, -0.05) is 119 Å². The van der Waals surface area contributed by atoms with Gasteiger partial charge in [-0.15, -0.1) is 13.2 Å². The van der Waals surface area contributed by atoms with Gasteiger partial charge in [-0.25, -0.2) is 0 Å². The van der Waals surface area contributed by atoms with Crippen molar-refractivity contribution in [1.29, 1.82) is 0 Å². The molecule has 0 fully saturated rings. The molecule has 2 nitrogen and oxygen atoms in total. The van der Waals surface area contributed by atoms with E-state index in [-0.39, 0.29) is 17.2 Å². The first-order valence-electron chi connectivity index (χ1n) is 14.9. The molecular weight excluding hydrogens is 492 g/mol.